The van der Waals surface area contributed by atoms with Crippen molar-refractivity contribution in [1.29, 1.82) is 0 Å². The van der Waals surface area contributed by atoms with Crippen molar-refractivity contribution in [3.63, 3.8) is 0 Å². The van der Waals surface area contributed by atoms with E-state index in [1.165, 1.54) is 19.8 Å². The van der Waals surface area contributed by atoms with Gasteiger partial charge in [0.1, 0.15) is 0 Å². The summed E-state index contributed by atoms with van der Waals surface area (Å²) in [5, 5.41) is 0.719. The van der Waals surface area contributed by atoms with E-state index in [1.54, 1.807) is 17.0 Å². The number of piperazine rings is 1. The van der Waals surface area contributed by atoms with Crippen molar-refractivity contribution in [3.05, 3.63) is 52.5 Å². The molecule has 2 amide bonds. The van der Waals surface area contributed by atoms with E-state index >= 15 is 0 Å². The Morgan fingerprint density at radius 3 is 2.10 bits per heavy atom. The molecule has 2 N–H and O–H groups in total. The fourth-order valence-corrected chi connectivity index (χ4v) is 3.55. The number of rotatable bonds is 8. The van der Waals surface area contributed by atoms with E-state index in [9.17, 15) is 9.59 Å². The van der Waals surface area contributed by atoms with Gasteiger partial charge in [0.25, 0.3) is 11.8 Å². The summed E-state index contributed by atoms with van der Waals surface area (Å²) in [5.74, 6) is 0.0775. The Morgan fingerprint density at radius 2 is 1.58 bits per heavy atom. The highest BCUT2D eigenvalue weighted by molar-refractivity contribution is 6.30. The second kappa shape index (κ2) is 10.4. The quantitative estimate of drug-likeness (QED) is 0.666. The molecule has 1 aliphatic rings. The van der Waals surface area contributed by atoms with Gasteiger partial charge in [-0.3, -0.25) is 14.5 Å². The molecule has 0 spiro atoms. The zero-order valence-corrected chi connectivity index (χ0v) is 18.4. The lowest BCUT2D eigenvalue weighted by molar-refractivity contribution is -0.120. The smallest absolute Gasteiger partial charge is 0.255 e. The maximum atomic E-state index is 13.1. The van der Waals surface area contributed by atoms with Crippen LogP contribution < -0.4 is 19.9 Å². The predicted molar refractivity (Wildman–Crippen MR) is 117 cm³/mol. The van der Waals surface area contributed by atoms with Gasteiger partial charge in [0, 0.05) is 43.3 Å². The molecule has 9 heteroatoms. The molecule has 1 aliphatic heterocycles. The summed E-state index contributed by atoms with van der Waals surface area (Å²) >= 11 is 5.95. The van der Waals surface area contributed by atoms with Crippen molar-refractivity contribution in [3.8, 4) is 17.2 Å². The van der Waals surface area contributed by atoms with Crippen LogP contribution in [-0.2, 0) is 11.3 Å². The standard InChI is InChI=1S/C22H26ClN3O5/c1-29-18-11-16(12-19(30-2)21(18)31-14-20(24)27)22(28)26-9-7-25(8-10-26)13-15-3-5-17(23)6-4-15/h3-6,11-12H,7-10,13-14H2,1-2H3,(H2,24,27). The molecule has 3 rings (SSSR count). The highest BCUT2D eigenvalue weighted by Crippen LogP contribution is 2.39. The van der Waals surface area contributed by atoms with Crippen molar-refractivity contribution >= 4 is 23.4 Å². The second-order valence-corrected chi connectivity index (χ2v) is 7.60. The molecule has 0 bridgehead atoms. The molecule has 2 aromatic carbocycles. The number of carbonyl (C=O) groups is 2. The summed E-state index contributed by atoms with van der Waals surface area (Å²) in [7, 11) is 2.91. The summed E-state index contributed by atoms with van der Waals surface area (Å²) in [4.78, 5) is 28.2. The van der Waals surface area contributed by atoms with Crippen LogP contribution in [-0.4, -0.2) is 68.6 Å². The molecule has 8 nitrogen and oxygen atoms in total. The summed E-state index contributed by atoms with van der Waals surface area (Å²) in [6, 6.07) is 11.0. The molecule has 1 saturated heterocycles. The number of hydrogen-bond donors (Lipinski definition) is 1. The van der Waals surface area contributed by atoms with Crippen molar-refractivity contribution in [2.24, 2.45) is 5.73 Å². The van der Waals surface area contributed by atoms with E-state index in [0.717, 1.165) is 24.7 Å². The Morgan fingerprint density at radius 1 is 1.00 bits per heavy atom. The molecule has 0 aliphatic carbocycles. The molecule has 1 fully saturated rings. The van der Waals surface area contributed by atoms with Crippen LogP contribution in [0.5, 0.6) is 17.2 Å². The number of halogens is 1. The molecular weight excluding hydrogens is 422 g/mol. The van der Waals surface area contributed by atoms with Crippen molar-refractivity contribution in [2.45, 2.75) is 6.54 Å². The number of carbonyl (C=O) groups excluding carboxylic acids is 2. The van der Waals surface area contributed by atoms with E-state index in [2.05, 4.69) is 4.90 Å². The normalized spacial score (nSPS) is 14.2. The zero-order valence-electron chi connectivity index (χ0n) is 17.6. The summed E-state index contributed by atoms with van der Waals surface area (Å²) in [6.45, 7) is 3.24. The maximum Gasteiger partial charge on any atom is 0.255 e. The Bertz CT molecular complexity index is 902. The van der Waals surface area contributed by atoms with Crippen LogP contribution in [0.4, 0.5) is 0 Å². The first-order valence-electron chi connectivity index (χ1n) is 9.84. The molecule has 0 aromatic heterocycles. The number of hydrogen-bond acceptors (Lipinski definition) is 6. The first-order valence-corrected chi connectivity index (χ1v) is 10.2. The van der Waals surface area contributed by atoms with E-state index < -0.39 is 5.91 Å². The largest absolute Gasteiger partial charge is 0.493 e. The summed E-state index contributed by atoms with van der Waals surface area (Å²) < 4.78 is 16.1. The number of nitrogens with zero attached hydrogens (tertiary/aromatic N) is 2. The average Bonchev–Trinajstić information content (AvgIpc) is 2.78. The molecule has 0 atom stereocenters. The number of benzene rings is 2. The molecule has 0 unspecified atom stereocenters. The Hall–Kier alpha value is -2.97. The van der Waals surface area contributed by atoms with E-state index in [0.29, 0.717) is 30.2 Å². The number of methoxy groups -OCH3 is 2. The minimum Gasteiger partial charge on any atom is -0.493 e. The fourth-order valence-electron chi connectivity index (χ4n) is 3.43. The average molecular weight is 448 g/mol. The highest BCUT2D eigenvalue weighted by Gasteiger charge is 2.25. The van der Waals surface area contributed by atoms with Gasteiger partial charge in [-0.15, -0.1) is 0 Å². The number of amides is 2. The molecule has 31 heavy (non-hydrogen) atoms. The van der Waals surface area contributed by atoms with E-state index in [4.69, 9.17) is 31.5 Å². The topological polar surface area (TPSA) is 94.3 Å². The number of ether oxygens (including phenoxy) is 3. The van der Waals surface area contributed by atoms with Gasteiger partial charge in [-0.05, 0) is 29.8 Å². The van der Waals surface area contributed by atoms with Crippen LogP contribution in [0.2, 0.25) is 5.02 Å². The van der Waals surface area contributed by atoms with Gasteiger partial charge in [-0.1, -0.05) is 23.7 Å². The predicted octanol–water partition coefficient (Wildman–Crippen LogP) is 2.18. The minimum atomic E-state index is -0.624. The second-order valence-electron chi connectivity index (χ2n) is 7.16. The Kier molecular flexibility index (Phi) is 7.59. The number of nitrogens with two attached hydrogens (primary N) is 1. The van der Waals surface area contributed by atoms with Gasteiger partial charge in [-0.2, -0.15) is 0 Å². The lowest BCUT2D eigenvalue weighted by Gasteiger charge is -2.35. The van der Waals surface area contributed by atoms with E-state index in [-0.39, 0.29) is 18.3 Å². The molecule has 1 heterocycles. The van der Waals surface area contributed by atoms with Gasteiger partial charge >= 0.3 is 0 Å². The third-order valence-corrected chi connectivity index (χ3v) is 5.30. The number of primary amides is 1. The van der Waals surface area contributed by atoms with E-state index in [1.807, 2.05) is 24.3 Å². The van der Waals surface area contributed by atoms with Crippen LogP contribution in [0.25, 0.3) is 0 Å². The Labute approximate surface area is 186 Å². The highest BCUT2D eigenvalue weighted by atomic mass is 35.5. The first kappa shape index (κ1) is 22.7. The third kappa shape index (κ3) is 5.80. The lowest BCUT2D eigenvalue weighted by Crippen LogP contribution is -2.48. The summed E-state index contributed by atoms with van der Waals surface area (Å²) in [6.07, 6.45) is 0. The van der Waals surface area contributed by atoms with Gasteiger partial charge < -0.3 is 24.8 Å². The van der Waals surface area contributed by atoms with Gasteiger partial charge in [-0.25, -0.2) is 0 Å². The molecule has 0 radical (unpaired) electrons. The van der Waals surface area contributed by atoms with Crippen LogP contribution >= 0.6 is 11.6 Å². The maximum absolute atomic E-state index is 13.1. The van der Waals surface area contributed by atoms with Crippen molar-refractivity contribution in [1.82, 2.24) is 9.80 Å². The molecule has 0 saturated carbocycles. The first-order chi connectivity index (χ1) is 14.9. The van der Waals surface area contributed by atoms with Crippen LogP contribution in [0, 0.1) is 0 Å². The van der Waals surface area contributed by atoms with Crippen molar-refractivity contribution < 1.29 is 23.8 Å². The van der Waals surface area contributed by atoms with Crippen LogP contribution in [0.3, 0.4) is 0 Å². The lowest BCUT2D eigenvalue weighted by atomic mass is 10.1. The monoisotopic (exact) mass is 447 g/mol. The third-order valence-electron chi connectivity index (χ3n) is 5.05. The van der Waals surface area contributed by atoms with Gasteiger partial charge in [0.15, 0.2) is 18.1 Å². The fraction of sp³-hybridized carbons (Fsp3) is 0.364. The van der Waals surface area contributed by atoms with Crippen LogP contribution in [0.15, 0.2) is 36.4 Å². The Balaban J connectivity index is 1.67. The minimum absolute atomic E-state index is 0.121. The molecular formula is C22H26ClN3O5. The summed E-state index contributed by atoms with van der Waals surface area (Å²) in [5.41, 5.74) is 6.76. The van der Waals surface area contributed by atoms with Gasteiger partial charge in [0.2, 0.25) is 5.75 Å². The van der Waals surface area contributed by atoms with Gasteiger partial charge in [0.05, 0.1) is 14.2 Å². The van der Waals surface area contributed by atoms with Crippen LogP contribution in [0.1, 0.15) is 15.9 Å². The SMILES string of the molecule is COc1cc(C(=O)N2CCN(Cc3ccc(Cl)cc3)CC2)cc(OC)c1OCC(N)=O. The zero-order chi connectivity index (χ0) is 22.4. The van der Waals surface area contributed by atoms with Crippen molar-refractivity contribution in [2.75, 3.05) is 47.0 Å². The molecule has 2 aromatic rings. The molecule has 166 valence electrons.